The fourth-order valence-electron chi connectivity index (χ4n) is 2.83. The molecule has 1 aromatic heterocycles. The molecule has 0 atom stereocenters. The Kier molecular flexibility index (Phi) is 8.78. The molecule has 8 heteroatoms. The van der Waals surface area contributed by atoms with Crippen molar-refractivity contribution in [2.45, 2.75) is 13.5 Å². The number of guanidine groups is 1. The molecule has 0 saturated heterocycles. The molecular formula is C21H26IN5O2. The molecule has 0 radical (unpaired) electrons. The van der Waals surface area contributed by atoms with E-state index in [2.05, 4.69) is 32.7 Å². The Bertz CT molecular complexity index is 929. The number of rotatable bonds is 7. The molecule has 0 spiro atoms. The molecule has 0 bridgehead atoms. The quantitative estimate of drug-likeness (QED) is 0.287. The number of anilines is 1. The average Bonchev–Trinajstić information content (AvgIpc) is 3.27. The summed E-state index contributed by atoms with van der Waals surface area (Å²) < 4.78 is 13.0. The third kappa shape index (κ3) is 5.86. The minimum absolute atomic E-state index is 0. The number of benzene rings is 2. The molecule has 29 heavy (non-hydrogen) atoms. The second kappa shape index (κ2) is 11.3. The van der Waals surface area contributed by atoms with Gasteiger partial charge in [-0.2, -0.15) is 0 Å². The van der Waals surface area contributed by atoms with E-state index < -0.39 is 0 Å². The van der Waals surface area contributed by atoms with Gasteiger partial charge in [-0.3, -0.25) is 4.99 Å². The van der Waals surface area contributed by atoms with Gasteiger partial charge in [0.15, 0.2) is 17.5 Å². The van der Waals surface area contributed by atoms with Crippen molar-refractivity contribution in [2.24, 2.45) is 4.99 Å². The lowest BCUT2D eigenvalue weighted by molar-refractivity contribution is 0.311. The monoisotopic (exact) mass is 507 g/mol. The lowest BCUT2D eigenvalue weighted by Crippen LogP contribution is -2.30. The minimum Gasteiger partial charge on any atom is -0.493 e. The molecule has 2 N–H and O–H groups in total. The lowest BCUT2D eigenvalue weighted by Gasteiger charge is -2.16. The van der Waals surface area contributed by atoms with Crippen LogP contribution in [-0.2, 0) is 6.54 Å². The van der Waals surface area contributed by atoms with Crippen LogP contribution in [0.15, 0.2) is 66.2 Å². The van der Waals surface area contributed by atoms with Crippen molar-refractivity contribution in [3.63, 3.8) is 0 Å². The van der Waals surface area contributed by atoms with Gasteiger partial charge in [0.1, 0.15) is 0 Å². The van der Waals surface area contributed by atoms with E-state index in [-0.39, 0.29) is 24.0 Å². The number of halogens is 1. The zero-order valence-corrected chi connectivity index (χ0v) is 19.1. The third-order valence-corrected chi connectivity index (χ3v) is 4.17. The van der Waals surface area contributed by atoms with E-state index in [1.807, 2.05) is 48.0 Å². The molecule has 3 aromatic rings. The number of hydrogen-bond acceptors (Lipinski definition) is 4. The molecule has 7 nitrogen and oxygen atoms in total. The van der Waals surface area contributed by atoms with Crippen molar-refractivity contribution in [1.29, 1.82) is 0 Å². The normalized spacial score (nSPS) is 10.8. The zero-order chi connectivity index (χ0) is 19.8. The second-order valence-electron chi connectivity index (χ2n) is 5.95. The van der Waals surface area contributed by atoms with Gasteiger partial charge in [-0.1, -0.05) is 18.2 Å². The molecule has 0 saturated carbocycles. The van der Waals surface area contributed by atoms with Crippen LogP contribution in [0.2, 0.25) is 0 Å². The van der Waals surface area contributed by atoms with Crippen LogP contribution < -0.4 is 20.1 Å². The Morgan fingerprint density at radius 3 is 2.69 bits per heavy atom. The van der Waals surface area contributed by atoms with E-state index >= 15 is 0 Å². The highest BCUT2D eigenvalue weighted by Crippen LogP contribution is 2.30. The number of nitrogens with one attached hydrogen (secondary N) is 2. The lowest BCUT2D eigenvalue weighted by atomic mass is 10.1. The Labute approximate surface area is 188 Å². The van der Waals surface area contributed by atoms with Gasteiger partial charge in [-0.05, 0) is 30.7 Å². The van der Waals surface area contributed by atoms with Gasteiger partial charge in [0.05, 0.1) is 25.7 Å². The standard InChI is InChI=1S/C21H25N5O2.HI/c1-4-28-19-10-9-17(13-20(19)27-3)25-21(22-2)24-14-16-7-5-6-8-18(16)26-12-11-23-15-26;/h5-13,15H,4,14H2,1-3H3,(H2,22,24,25);1H. The first-order valence-corrected chi connectivity index (χ1v) is 9.10. The van der Waals surface area contributed by atoms with Gasteiger partial charge in [0, 0.05) is 37.7 Å². The first-order chi connectivity index (χ1) is 13.7. The first kappa shape index (κ1) is 22.5. The van der Waals surface area contributed by atoms with Crippen molar-refractivity contribution < 1.29 is 9.47 Å². The van der Waals surface area contributed by atoms with Gasteiger partial charge in [0.2, 0.25) is 0 Å². The van der Waals surface area contributed by atoms with E-state index in [4.69, 9.17) is 9.47 Å². The van der Waals surface area contributed by atoms with E-state index in [0.717, 1.165) is 16.9 Å². The molecule has 0 aliphatic rings. The molecule has 0 amide bonds. The predicted molar refractivity (Wildman–Crippen MR) is 127 cm³/mol. The number of para-hydroxylation sites is 1. The summed E-state index contributed by atoms with van der Waals surface area (Å²) in [4.78, 5) is 8.44. The topological polar surface area (TPSA) is 72.7 Å². The van der Waals surface area contributed by atoms with Gasteiger partial charge in [-0.25, -0.2) is 4.98 Å². The second-order valence-corrected chi connectivity index (χ2v) is 5.95. The highest BCUT2D eigenvalue weighted by molar-refractivity contribution is 14.0. The third-order valence-electron chi connectivity index (χ3n) is 4.17. The van der Waals surface area contributed by atoms with E-state index in [1.165, 1.54) is 0 Å². The Morgan fingerprint density at radius 2 is 2.00 bits per heavy atom. The highest BCUT2D eigenvalue weighted by Gasteiger charge is 2.08. The molecule has 1 heterocycles. The predicted octanol–water partition coefficient (Wildman–Crippen LogP) is 4.09. The number of hydrogen-bond donors (Lipinski definition) is 2. The minimum atomic E-state index is 0. The Morgan fingerprint density at radius 1 is 1.17 bits per heavy atom. The van der Waals surface area contributed by atoms with Crippen LogP contribution in [-0.4, -0.2) is 36.3 Å². The van der Waals surface area contributed by atoms with E-state index in [1.54, 1.807) is 26.7 Å². The fourth-order valence-corrected chi connectivity index (χ4v) is 2.83. The van der Waals surface area contributed by atoms with Crippen LogP contribution in [0.4, 0.5) is 5.69 Å². The number of nitrogens with zero attached hydrogens (tertiary/aromatic N) is 3. The molecule has 0 fully saturated rings. The maximum atomic E-state index is 5.56. The molecule has 0 aliphatic heterocycles. The smallest absolute Gasteiger partial charge is 0.195 e. The number of methoxy groups -OCH3 is 1. The first-order valence-electron chi connectivity index (χ1n) is 9.10. The Balaban J connectivity index is 0.00000300. The van der Waals surface area contributed by atoms with Crippen LogP contribution in [0.5, 0.6) is 11.5 Å². The molecule has 0 aliphatic carbocycles. The number of aromatic nitrogens is 2. The zero-order valence-electron chi connectivity index (χ0n) is 16.8. The summed E-state index contributed by atoms with van der Waals surface area (Å²) in [6.45, 7) is 3.14. The summed E-state index contributed by atoms with van der Waals surface area (Å²) in [5, 5.41) is 6.63. The summed E-state index contributed by atoms with van der Waals surface area (Å²) in [5.41, 5.74) is 3.06. The summed E-state index contributed by atoms with van der Waals surface area (Å²) in [6, 6.07) is 13.9. The van der Waals surface area contributed by atoms with Crippen molar-refractivity contribution in [3.05, 3.63) is 66.7 Å². The number of ether oxygens (including phenoxy) is 2. The molecule has 3 rings (SSSR count). The maximum absolute atomic E-state index is 5.56. The SMILES string of the molecule is CCOc1ccc(NC(=NC)NCc2ccccc2-n2ccnc2)cc1OC.I. The largest absolute Gasteiger partial charge is 0.493 e. The number of imidazole rings is 1. The van der Waals surface area contributed by atoms with Crippen LogP contribution >= 0.6 is 24.0 Å². The van der Waals surface area contributed by atoms with Crippen molar-refractivity contribution >= 4 is 35.6 Å². The molecule has 0 unspecified atom stereocenters. The van der Waals surface area contributed by atoms with Gasteiger partial charge in [-0.15, -0.1) is 24.0 Å². The van der Waals surface area contributed by atoms with Gasteiger partial charge in [0.25, 0.3) is 0 Å². The van der Waals surface area contributed by atoms with Gasteiger partial charge >= 0.3 is 0 Å². The van der Waals surface area contributed by atoms with E-state index in [0.29, 0.717) is 30.6 Å². The van der Waals surface area contributed by atoms with Crippen LogP contribution in [0, 0.1) is 0 Å². The van der Waals surface area contributed by atoms with Crippen molar-refractivity contribution in [2.75, 3.05) is 26.1 Å². The van der Waals surface area contributed by atoms with Crippen molar-refractivity contribution in [3.8, 4) is 17.2 Å². The van der Waals surface area contributed by atoms with Crippen LogP contribution in [0.1, 0.15) is 12.5 Å². The summed E-state index contributed by atoms with van der Waals surface area (Å²) >= 11 is 0. The highest BCUT2D eigenvalue weighted by atomic mass is 127. The van der Waals surface area contributed by atoms with Gasteiger partial charge < -0.3 is 24.7 Å². The van der Waals surface area contributed by atoms with Crippen LogP contribution in [0.25, 0.3) is 5.69 Å². The molecule has 154 valence electrons. The fraction of sp³-hybridized carbons (Fsp3) is 0.238. The molecule has 2 aromatic carbocycles. The Hall–Kier alpha value is -2.75. The molecular weight excluding hydrogens is 481 g/mol. The summed E-state index contributed by atoms with van der Waals surface area (Å²) in [7, 11) is 3.37. The summed E-state index contributed by atoms with van der Waals surface area (Å²) in [6.07, 6.45) is 5.49. The van der Waals surface area contributed by atoms with Crippen LogP contribution in [0.3, 0.4) is 0 Å². The maximum Gasteiger partial charge on any atom is 0.195 e. The number of aliphatic imine (C=N–C) groups is 1. The van der Waals surface area contributed by atoms with Crippen molar-refractivity contribution in [1.82, 2.24) is 14.9 Å². The van der Waals surface area contributed by atoms with E-state index in [9.17, 15) is 0 Å². The average molecular weight is 507 g/mol. The summed E-state index contributed by atoms with van der Waals surface area (Å²) in [5.74, 6) is 2.05.